The number of benzene rings is 1. The molecule has 0 aliphatic carbocycles. The van der Waals surface area contributed by atoms with Crippen molar-refractivity contribution in [1.29, 1.82) is 0 Å². The fourth-order valence-corrected chi connectivity index (χ4v) is 1.60. The molecule has 7 nitrogen and oxygen atoms in total. The van der Waals surface area contributed by atoms with Crippen LogP contribution < -0.4 is 5.46 Å². The minimum absolute atomic E-state index is 0.0340. The summed E-state index contributed by atoms with van der Waals surface area (Å²) < 4.78 is 5.13. The second-order valence-electron chi connectivity index (χ2n) is 3.76. The molecule has 2 N–H and O–H groups in total. The normalized spacial score (nSPS) is 10.2. The van der Waals surface area contributed by atoms with Gasteiger partial charge in [0.15, 0.2) is 12.0 Å². The Morgan fingerprint density at radius 3 is 2.53 bits per heavy atom. The smallest absolute Gasteiger partial charge is 0.453 e. The molecule has 0 radical (unpaired) electrons. The Bertz CT molecular complexity index is 636. The topological polar surface area (TPSA) is 114 Å². The van der Waals surface area contributed by atoms with Gasteiger partial charge in [-0.1, -0.05) is 6.07 Å². The van der Waals surface area contributed by atoms with E-state index in [2.05, 4.69) is 0 Å². The van der Waals surface area contributed by atoms with Crippen LogP contribution in [0.1, 0.15) is 10.6 Å². The third kappa shape index (κ3) is 2.70. The number of nitro groups is 1. The average molecular weight is 261 g/mol. The van der Waals surface area contributed by atoms with Gasteiger partial charge in [-0.2, -0.15) is 0 Å². The summed E-state index contributed by atoms with van der Waals surface area (Å²) in [6, 6.07) is 6.49. The number of non-ortho nitro benzene ring substituents is 1. The van der Waals surface area contributed by atoms with Crippen LogP contribution in [0.2, 0.25) is 0 Å². The molecular formula is C11H8BNO6. The van der Waals surface area contributed by atoms with Crippen LogP contribution in [0.15, 0.2) is 34.7 Å². The van der Waals surface area contributed by atoms with E-state index >= 15 is 0 Å². The van der Waals surface area contributed by atoms with Crippen LogP contribution >= 0.6 is 0 Å². The Morgan fingerprint density at radius 1 is 1.26 bits per heavy atom. The molecule has 1 aromatic carbocycles. The van der Waals surface area contributed by atoms with Crippen LogP contribution in [0.5, 0.6) is 0 Å². The molecule has 1 aromatic heterocycles. The van der Waals surface area contributed by atoms with E-state index in [1.165, 1.54) is 24.3 Å². The zero-order valence-electron chi connectivity index (χ0n) is 9.52. The monoisotopic (exact) mass is 261 g/mol. The molecule has 0 fully saturated rings. The highest BCUT2D eigenvalue weighted by Gasteiger charge is 2.19. The van der Waals surface area contributed by atoms with Gasteiger partial charge in [0.2, 0.25) is 0 Å². The van der Waals surface area contributed by atoms with E-state index < -0.39 is 12.0 Å². The highest BCUT2D eigenvalue weighted by Crippen LogP contribution is 2.24. The minimum atomic E-state index is -1.83. The predicted octanol–water partition coefficient (Wildman–Crippen LogP) is 0.347. The predicted molar refractivity (Wildman–Crippen MR) is 66.0 cm³/mol. The number of aldehydes is 1. The van der Waals surface area contributed by atoms with Gasteiger partial charge in [0.05, 0.1) is 4.92 Å². The zero-order valence-corrected chi connectivity index (χ0v) is 9.52. The number of nitro benzene ring substituents is 1. The van der Waals surface area contributed by atoms with Crippen LogP contribution in [-0.4, -0.2) is 28.4 Å². The van der Waals surface area contributed by atoms with Crippen LogP contribution in [0, 0.1) is 10.1 Å². The number of carbonyl (C=O) groups excluding carboxylic acids is 1. The number of furan rings is 1. The van der Waals surface area contributed by atoms with Crippen LogP contribution in [0.25, 0.3) is 11.3 Å². The average Bonchev–Trinajstić information content (AvgIpc) is 2.86. The van der Waals surface area contributed by atoms with E-state index in [1.807, 2.05) is 0 Å². The number of carbonyl (C=O) groups is 1. The van der Waals surface area contributed by atoms with E-state index in [0.29, 0.717) is 6.29 Å². The Hall–Kier alpha value is -2.45. The van der Waals surface area contributed by atoms with Gasteiger partial charge in [-0.05, 0) is 17.6 Å². The second kappa shape index (κ2) is 5.05. The standard InChI is InChI=1S/C11H8BNO6/c14-6-10-1-2-11(19-10)7-3-8(12(15)16)5-9(4-7)13(17)18/h1-6,15-16H. The molecule has 2 rings (SSSR count). The quantitative estimate of drug-likeness (QED) is 0.355. The summed E-state index contributed by atoms with van der Waals surface area (Å²) in [5, 5.41) is 29.0. The number of nitrogens with zero attached hydrogens (tertiary/aromatic N) is 1. The van der Waals surface area contributed by atoms with E-state index in [9.17, 15) is 14.9 Å². The Labute approximate surface area is 107 Å². The molecule has 0 aliphatic rings. The maximum absolute atomic E-state index is 10.8. The van der Waals surface area contributed by atoms with Crippen LogP contribution in [0.3, 0.4) is 0 Å². The molecule has 0 atom stereocenters. The third-order valence-electron chi connectivity index (χ3n) is 2.48. The maximum Gasteiger partial charge on any atom is 0.488 e. The van der Waals surface area contributed by atoms with E-state index in [1.54, 1.807) is 0 Å². The number of hydrogen-bond acceptors (Lipinski definition) is 6. The lowest BCUT2D eigenvalue weighted by molar-refractivity contribution is -0.384. The van der Waals surface area contributed by atoms with Crippen molar-refractivity contribution in [2.45, 2.75) is 0 Å². The van der Waals surface area contributed by atoms with Gasteiger partial charge in [0.1, 0.15) is 5.76 Å². The third-order valence-corrected chi connectivity index (χ3v) is 2.48. The summed E-state index contributed by atoms with van der Waals surface area (Å²) in [6.07, 6.45) is 0.503. The van der Waals surface area contributed by atoms with Gasteiger partial charge in [-0.25, -0.2) is 0 Å². The van der Waals surface area contributed by atoms with Crippen molar-refractivity contribution >= 4 is 24.6 Å². The molecule has 8 heteroatoms. The molecule has 19 heavy (non-hydrogen) atoms. The molecule has 0 amide bonds. The molecule has 0 aliphatic heterocycles. The summed E-state index contributed by atoms with van der Waals surface area (Å²) in [4.78, 5) is 20.6. The lowest BCUT2D eigenvalue weighted by Crippen LogP contribution is -2.30. The molecule has 0 saturated carbocycles. The van der Waals surface area contributed by atoms with Gasteiger partial charge in [-0.15, -0.1) is 0 Å². The first-order valence-corrected chi connectivity index (χ1v) is 5.22. The summed E-state index contributed by atoms with van der Waals surface area (Å²) in [7, 11) is -1.83. The Morgan fingerprint density at radius 2 is 2.00 bits per heavy atom. The second-order valence-corrected chi connectivity index (χ2v) is 3.76. The van der Waals surface area contributed by atoms with Crippen molar-refractivity contribution in [2.24, 2.45) is 0 Å². The largest absolute Gasteiger partial charge is 0.488 e. The highest BCUT2D eigenvalue weighted by atomic mass is 16.6. The summed E-state index contributed by atoms with van der Waals surface area (Å²) >= 11 is 0. The van der Waals surface area contributed by atoms with Crippen molar-refractivity contribution in [3.8, 4) is 11.3 Å². The van der Waals surface area contributed by atoms with Crippen molar-refractivity contribution in [3.63, 3.8) is 0 Å². The molecule has 0 spiro atoms. The van der Waals surface area contributed by atoms with Crippen molar-refractivity contribution in [3.05, 3.63) is 46.2 Å². The molecule has 0 saturated heterocycles. The summed E-state index contributed by atoms with van der Waals surface area (Å²) in [5.74, 6) is 0.306. The molecule has 1 heterocycles. The highest BCUT2D eigenvalue weighted by molar-refractivity contribution is 6.58. The number of hydrogen-bond donors (Lipinski definition) is 2. The maximum atomic E-state index is 10.8. The molecular weight excluding hydrogens is 253 g/mol. The van der Waals surface area contributed by atoms with E-state index in [-0.39, 0.29) is 28.2 Å². The first-order chi connectivity index (χ1) is 9.01. The van der Waals surface area contributed by atoms with Crippen molar-refractivity contribution in [1.82, 2.24) is 0 Å². The van der Waals surface area contributed by atoms with Gasteiger partial charge in [-0.3, -0.25) is 14.9 Å². The Balaban J connectivity index is 2.55. The van der Waals surface area contributed by atoms with Crippen LogP contribution in [-0.2, 0) is 0 Å². The van der Waals surface area contributed by atoms with Gasteiger partial charge >= 0.3 is 7.12 Å². The van der Waals surface area contributed by atoms with E-state index in [4.69, 9.17) is 14.5 Å². The fourth-order valence-electron chi connectivity index (χ4n) is 1.60. The number of rotatable bonds is 4. The van der Waals surface area contributed by atoms with Crippen molar-refractivity contribution < 1.29 is 24.2 Å². The summed E-state index contributed by atoms with van der Waals surface area (Å²) in [5.41, 5.74) is -0.0525. The molecule has 0 unspecified atom stereocenters. The minimum Gasteiger partial charge on any atom is -0.453 e. The van der Waals surface area contributed by atoms with E-state index in [0.717, 1.165) is 6.07 Å². The summed E-state index contributed by atoms with van der Waals surface area (Å²) in [6.45, 7) is 0. The first kappa shape index (κ1) is 13.0. The Kier molecular flexibility index (Phi) is 3.45. The lowest BCUT2D eigenvalue weighted by atomic mass is 9.79. The van der Waals surface area contributed by atoms with Gasteiger partial charge in [0.25, 0.3) is 5.69 Å². The van der Waals surface area contributed by atoms with Gasteiger partial charge < -0.3 is 14.5 Å². The first-order valence-electron chi connectivity index (χ1n) is 5.22. The van der Waals surface area contributed by atoms with Crippen molar-refractivity contribution in [2.75, 3.05) is 0 Å². The molecule has 96 valence electrons. The molecule has 0 bridgehead atoms. The fraction of sp³-hybridized carbons (Fsp3) is 0. The van der Waals surface area contributed by atoms with Crippen LogP contribution in [0.4, 0.5) is 5.69 Å². The zero-order chi connectivity index (χ0) is 14.0. The lowest BCUT2D eigenvalue weighted by Gasteiger charge is -2.03. The SMILES string of the molecule is O=Cc1ccc(-c2cc(B(O)O)cc([N+](=O)[O-])c2)o1. The van der Waals surface area contributed by atoms with Gasteiger partial charge in [0, 0.05) is 17.7 Å². The molecule has 2 aromatic rings.